The van der Waals surface area contributed by atoms with Gasteiger partial charge in [0.1, 0.15) is 5.69 Å². The van der Waals surface area contributed by atoms with Crippen molar-refractivity contribution in [2.75, 3.05) is 0 Å². The van der Waals surface area contributed by atoms with Gasteiger partial charge in [-0.2, -0.15) is 5.10 Å². The monoisotopic (exact) mass is 203 g/mol. The van der Waals surface area contributed by atoms with Gasteiger partial charge in [-0.05, 0) is 13.3 Å². The molecule has 0 fully saturated rings. The van der Waals surface area contributed by atoms with Crippen LogP contribution < -0.4 is 0 Å². The van der Waals surface area contributed by atoms with Gasteiger partial charge in [0.25, 0.3) is 0 Å². The minimum absolute atomic E-state index is 0.0639. The Morgan fingerprint density at radius 1 is 1.62 bits per heavy atom. The summed E-state index contributed by atoms with van der Waals surface area (Å²) < 4.78 is 1.43. The Balaban J connectivity index is 3.28. The van der Waals surface area contributed by atoms with E-state index >= 15 is 0 Å². The molecule has 0 bridgehead atoms. The van der Waals surface area contributed by atoms with Crippen LogP contribution in [0, 0.1) is 10.1 Å². The topological polar surface area (TPSA) is 61.0 Å². The van der Waals surface area contributed by atoms with E-state index in [0.717, 1.165) is 0 Å². The van der Waals surface area contributed by atoms with Crippen molar-refractivity contribution < 1.29 is 4.92 Å². The van der Waals surface area contributed by atoms with Gasteiger partial charge in [-0.15, -0.1) is 0 Å². The molecule has 0 amide bonds. The van der Waals surface area contributed by atoms with Crippen LogP contribution in [0.3, 0.4) is 0 Å². The molecule has 0 saturated heterocycles. The molecule has 1 rings (SSSR count). The minimum atomic E-state index is -0.486. The van der Waals surface area contributed by atoms with Crippen molar-refractivity contribution in [1.29, 1.82) is 0 Å². The lowest BCUT2D eigenvalue weighted by atomic mass is 10.3. The van der Waals surface area contributed by atoms with Crippen molar-refractivity contribution in [3.05, 3.63) is 21.0 Å². The summed E-state index contributed by atoms with van der Waals surface area (Å²) in [6.07, 6.45) is 0.517. The molecule has 1 aromatic rings. The number of halogens is 1. The zero-order valence-corrected chi connectivity index (χ0v) is 8.21. The first-order valence-corrected chi connectivity index (χ1v) is 4.39. The van der Waals surface area contributed by atoms with E-state index in [-0.39, 0.29) is 10.8 Å². The van der Waals surface area contributed by atoms with Crippen molar-refractivity contribution >= 4 is 17.3 Å². The van der Waals surface area contributed by atoms with E-state index in [2.05, 4.69) is 5.10 Å². The maximum atomic E-state index is 10.6. The Kier molecular flexibility index (Phi) is 2.87. The Labute approximate surface area is 80.5 Å². The van der Waals surface area contributed by atoms with Gasteiger partial charge in [0.15, 0.2) is 0 Å². The second-order valence-electron chi connectivity index (χ2n) is 2.51. The lowest BCUT2D eigenvalue weighted by molar-refractivity contribution is -0.385. The molecule has 0 aliphatic carbocycles. The smallest absolute Gasteiger partial charge is 0.258 e. The first kappa shape index (κ1) is 9.98. The lowest BCUT2D eigenvalue weighted by Gasteiger charge is -1.93. The van der Waals surface area contributed by atoms with Crippen molar-refractivity contribution in [1.82, 2.24) is 9.78 Å². The highest BCUT2D eigenvalue weighted by Gasteiger charge is 2.24. The lowest BCUT2D eigenvalue weighted by Crippen LogP contribution is -1.96. The van der Waals surface area contributed by atoms with E-state index in [0.29, 0.717) is 18.7 Å². The van der Waals surface area contributed by atoms with E-state index in [9.17, 15) is 10.1 Å². The molecule has 0 spiro atoms. The number of aryl methyl sites for hydroxylation is 2. The third-order valence-corrected chi connectivity index (χ3v) is 2.13. The van der Waals surface area contributed by atoms with Crippen LogP contribution in [0.5, 0.6) is 0 Å². The fourth-order valence-corrected chi connectivity index (χ4v) is 1.44. The normalized spacial score (nSPS) is 10.4. The van der Waals surface area contributed by atoms with Crippen LogP contribution in [0.1, 0.15) is 19.5 Å². The van der Waals surface area contributed by atoms with Crippen LogP contribution in [0.15, 0.2) is 0 Å². The summed E-state index contributed by atoms with van der Waals surface area (Å²) in [4.78, 5) is 10.1. The van der Waals surface area contributed by atoms with E-state index in [1.54, 1.807) is 0 Å². The van der Waals surface area contributed by atoms with Gasteiger partial charge in [-0.3, -0.25) is 10.1 Å². The van der Waals surface area contributed by atoms with E-state index in [1.807, 2.05) is 13.8 Å². The number of hydrogen-bond donors (Lipinski definition) is 0. The Bertz CT molecular complexity index is 335. The second kappa shape index (κ2) is 3.74. The van der Waals surface area contributed by atoms with Crippen LogP contribution in [-0.4, -0.2) is 14.7 Å². The Hall–Kier alpha value is -1.10. The number of aromatic nitrogens is 2. The van der Waals surface area contributed by atoms with Gasteiger partial charge in [-0.1, -0.05) is 18.5 Å². The first-order valence-electron chi connectivity index (χ1n) is 4.01. The maximum absolute atomic E-state index is 10.6. The fourth-order valence-electron chi connectivity index (χ4n) is 1.11. The second-order valence-corrected chi connectivity index (χ2v) is 2.87. The molecule has 0 saturated carbocycles. The van der Waals surface area contributed by atoms with E-state index < -0.39 is 4.92 Å². The molecule has 0 aromatic carbocycles. The molecule has 0 aliphatic heterocycles. The molecule has 0 atom stereocenters. The largest absolute Gasteiger partial charge is 0.329 e. The molecular formula is C7H10ClN3O2. The summed E-state index contributed by atoms with van der Waals surface area (Å²) >= 11 is 5.76. The number of hydrogen-bond acceptors (Lipinski definition) is 3. The van der Waals surface area contributed by atoms with Crippen molar-refractivity contribution in [3.63, 3.8) is 0 Å². The predicted octanol–water partition coefficient (Wildman–Crippen LogP) is 2.03. The zero-order chi connectivity index (χ0) is 10.0. The SMILES string of the molecule is CCc1nn(CC)c(Cl)c1[N+](=O)[O-]. The number of rotatable bonds is 3. The predicted molar refractivity (Wildman–Crippen MR) is 48.9 cm³/mol. The van der Waals surface area contributed by atoms with Crippen molar-refractivity contribution in [2.45, 2.75) is 26.8 Å². The van der Waals surface area contributed by atoms with Crippen LogP contribution in [0.25, 0.3) is 0 Å². The molecule has 72 valence electrons. The molecule has 0 unspecified atom stereocenters. The van der Waals surface area contributed by atoms with Crippen LogP contribution in [0.2, 0.25) is 5.15 Å². The summed E-state index contributed by atoms with van der Waals surface area (Å²) in [5, 5.41) is 14.7. The maximum Gasteiger partial charge on any atom is 0.329 e. The highest BCUT2D eigenvalue weighted by Crippen LogP contribution is 2.28. The average Bonchev–Trinajstić information content (AvgIpc) is 2.41. The summed E-state index contributed by atoms with van der Waals surface area (Å²) in [5.41, 5.74) is 0.378. The van der Waals surface area contributed by atoms with Gasteiger partial charge < -0.3 is 0 Å². The van der Waals surface area contributed by atoms with Crippen LogP contribution in [0.4, 0.5) is 5.69 Å². The van der Waals surface area contributed by atoms with Gasteiger partial charge >= 0.3 is 5.69 Å². The highest BCUT2D eigenvalue weighted by molar-refractivity contribution is 6.31. The standard InChI is InChI=1S/C7H10ClN3O2/c1-3-5-6(11(12)13)7(8)10(4-2)9-5/h3-4H2,1-2H3. The third kappa shape index (κ3) is 1.65. The molecule has 0 aliphatic rings. The molecule has 0 N–H and O–H groups in total. The highest BCUT2D eigenvalue weighted by atomic mass is 35.5. The minimum Gasteiger partial charge on any atom is -0.258 e. The first-order chi connectivity index (χ1) is 6.11. The van der Waals surface area contributed by atoms with Crippen molar-refractivity contribution in [3.8, 4) is 0 Å². The summed E-state index contributed by atoms with van der Waals surface area (Å²) in [6, 6.07) is 0. The van der Waals surface area contributed by atoms with Gasteiger partial charge in [0.2, 0.25) is 5.15 Å². The summed E-state index contributed by atoms with van der Waals surface area (Å²) in [6.45, 7) is 4.19. The Morgan fingerprint density at radius 3 is 2.54 bits per heavy atom. The van der Waals surface area contributed by atoms with E-state index in [4.69, 9.17) is 11.6 Å². The molecular weight excluding hydrogens is 194 g/mol. The molecule has 6 heteroatoms. The molecule has 1 heterocycles. The number of nitrogens with zero attached hydrogens (tertiary/aromatic N) is 3. The zero-order valence-electron chi connectivity index (χ0n) is 7.45. The fraction of sp³-hybridized carbons (Fsp3) is 0.571. The van der Waals surface area contributed by atoms with Crippen LogP contribution >= 0.6 is 11.6 Å². The summed E-state index contributed by atoms with van der Waals surface area (Å²) in [5.74, 6) is 0. The van der Waals surface area contributed by atoms with Gasteiger partial charge in [0.05, 0.1) is 4.92 Å². The van der Waals surface area contributed by atoms with Crippen LogP contribution in [-0.2, 0) is 13.0 Å². The molecule has 1 aromatic heterocycles. The van der Waals surface area contributed by atoms with Gasteiger partial charge in [0, 0.05) is 6.54 Å². The summed E-state index contributed by atoms with van der Waals surface area (Å²) in [7, 11) is 0. The Morgan fingerprint density at radius 2 is 2.23 bits per heavy atom. The molecule has 5 nitrogen and oxygen atoms in total. The van der Waals surface area contributed by atoms with Gasteiger partial charge in [-0.25, -0.2) is 4.68 Å². The third-order valence-electron chi connectivity index (χ3n) is 1.75. The van der Waals surface area contributed by atoms with E-state index in [1.165, 1.54) is 4.68 Å². The average molecular weight is 204 g/mol. The molecule has 13 heavy (non-hydrogen) atoms. The number of nitro groups is 1. The quantitative estimate of drug-likeness (QED) is 0.558. The van der Waals surface area contributed by atoms with Crippen molar-refractivity contribution in [2.24, 2.45) is 0 Å². The molecule has 0 radical (unpaired) electrons.